The molecule has 3 amide bonds. The molecular formula is C15H23N3O2S. The number of thiophene rings is 1. The van der Waals surface area contributed by atoms with Crippen LogP contribution in [0.1, 0.15) is 18.4 Å². The molecule has 1 aliphatic heterocycles. The molecule has 0 atom stereocenters. The lowest BCUT2D eigenvalue weighted by molar-refractivity contribution is -0.120. The van der Waals surface area contributed by atoms with Gasteiger partial charge in [0.05, 0.1) is 6.42 Å². The van der Waals surface area contributed by atoms with Gasteiger partial charge in [-0.1, -0.05) is 0 Å². The summed E-state index contributed by atoms with van der Waals surface area (Å²) in [6.45, 7) is 2.27. The summed E-state index contributed by atoms with van der Waals surface area (Å²) < 4.78 is 0. The van der Waals surface area contributed by atoms with E-state index in [0.29, 0.717) is 18.9 Å². The summed E-state index contributed by atoms with van der Waals surface area (Å²) >= 11 is 1.61. The van der Waals surface area contributed by atoms with Gasteiger partial charge in [-0.25, -0.2) is 4.79 Å². The Labute approximate surface area is 129 Å². The van der Waals surface area contributed by atoms with Crippen LogP contribution in [-0.4, -0.2) is 55.5 Å². The molecule has 0 bridgehead atoms. The van der Waals surface area contributed by atoms with E-state index in [1.54, 1.807) is 30.3 Å². The van der Waals surface area contributed by atoms with Crippen molar-refractivity contribution < 1.29 is 9.59 Å². The van der Waals surface area contributed by atoms with Gasteiger partial charge in [0, 0.05) is 33.7 Å². The second-order valence-corrected chi connectivity index (χ2v) is 6.50. The Hall–Kier alpha value is -1.56. The van der Waals surface area contributed by atoms with E-state index >= 15 is 0 Å². The number of rotatable bonds is 4. The molecule has 1 N–H and O–H groups in total. The molecule has 0 unspecified atom stereocenters. The summed E-state index contributed by atoms with van der Waals surface area (Å²) in [5, 5.41) is 7.00. The minimum Gasteiger partial charge on any atom is -0.356 e. The molecule has 0 spiro atoms. The molecule has 0 radical (unpaired) electrons. The van der Waals surface area contributed by atoms with Crippen molar-refractivity contribution in [3.63, 3.8) is 0 Å². The van der Waals surface area contributed by atoms with Gasteiger partial charge in [0.15, 0.2) is 0 Å². The molecule has 5 nitrogen and oxygen atoms in total. The number of amides is 3. The molecule has 2 rings (SSSR count). The predicted molar refractivity (Wildman–Crippen MR) is 84.4 cm³/mol. The van der Waals surface area contributed by atoms with Crippen molar-refractivity contribution in [1.82, 2.24) is 15.1 Å². The lowest BCUT2D eigenvalue weighted by atomic mass is 9.97. The highest BCUT2D eigenvalue weighted by atomic mass is 32.1. The Balaban J connectivity index is 1.67. The van der Waals surface area contributed by atoms with E-state index in [1.165, 1.54) is 0 Å². The number of urea groups is 1. The lowest BCUT2D eigenvalue weighted by Crippen LogP contribution is -2.45. The number of carbonyl (C=O) groups is 2. The first-order valence-electron chi connectivity index (χ1n) is 7.30. The number of carbonyl (C=O) groups excluding carboxylic acids is 2. The molecule has 0 aromatic carbocycles. The van der Waals surface area contributed by atoms with Gasteiger partial charge in [-0.05, 0) is 41.1 Å². The van der Waals surface area contributed by atoms with Crippen molar-refractivity contribution in [2.45, 2.75) is 19.3 Å². The Kier molecular flexibility index (Phi) is 5.61. The fourth-order valence-corrected chi connectivity index (χ4v) is 3.18. The van der Waals surface area contributed by atoms with E-state index < -0.39 is 0 Å². The number of hydrogen-bond acceptors (Lipinski definition) is 3. The zero-order chi connectivity index (χ0) is 15.2. The van der Waals surface area contributed by atoms with Crippen molar-refractivity contribution in [3.05, 3.63) is 22.4 Å². The summed E-state index contributed by atoms with van der Waals surface area (Å²) in [7, 11) is 3.55. The largest absolute Gasteiger partial charge is 0.356 e. The lowest BCUT2D eigenvalue weighted by Gasteiger charge is -2.33. The predicted octanol–water partition coefficient (Wildman–Crippen LogP) is 1.80. The molecule has 1 saturated heterocycles. The first-order chi connectivity index (χ1) is 10.1. The van der Waals surface area contributed by atoms with Crippen LogP contribution in [0.15, 0.2) is 16.8 Å². The topological polar surface area (TPSA) is 52.7 Å². The average molecular weight is 309 g/mol. The molecule has 0 aliphatic carbocycles. The van der Waals surface area contributed by atoms with Gasteiger partial charge < -0.3 is 15.1 Å². The van der Waals surface area contributed by atoms with Crippen molar-refractivity contribution in [2.24, 2.45) is 5.92 Å². The Morgan fingerprint density at radius 2 is 2.10 bits per heavy atom. The third kappa shape index (κ3) is 4.74. The fourth-order valence-electron chi connectivity index (χ4n) is 2.51. The van der Waals surface area contributed by atoms with E-state index in [9.17, 15) is 9.59 Å². The normalized spacial score (nSPS) is 15.8. The van der Waals surface area contributed by atoms with Crippen molar-refractivity contribution >= 4 is 23.3 Å². The van der Waals surface area contributed by atoms with Crippen LogP contribution in [0.2, 0.25) is 0 Å². The van der Waals surface area contributed by atoms with Gasteiger partial charge in [0.25, 0.3) is 0 Å². The van der Waals surface area contributed by atoms with Crippen LogP contribution in [0.5, 0.6) is 0 Å². The Morgan fingerprint density at radius 1 is 1.38 bits per heavy atom. The number of likely N-dealkylation sites (tertiary alicyclic amines) is 1. The Morgan fingerprint density at radius 3 is 2.67 bits per heavy atom. The summed E-state index contributed by atoms with van der Waals surface area (Å²) in [5.41, 5.74) is 1.07. The van der Waals surface area contributed by atoms with E-state index in [-0.39, 0.29) is 11.9 Å². The summed E-state index contributed by atoms with van der Waals surface area (Å²) in [6, 6.07) is 2.06. The second kappa shape index (κ2) is 7.45. The number of piperidine rings is 1. The van der Waals surface area contributed by atoms with Crippen LogP contribution in [0.3, 0.4) is 0 Å². The second-order valence-electron chi connectivity index (χ2n) is 5.72. The van der Waals surface area contributed by atoms with Gasteiger partial charge >= 0.3 is 6.03 Å². The molecule has 1 aromatic rings. The van der Waals surface area contributed by atoms with Gasteiger partial charge in [-0.3, -0.25) is 4.79 Å². The van der Waals surface area contributed by atoms with E-state index in [2.05, 4.69) is 5.32 Å². The molecule has 1 fully saturated rings. The van der Waals surface area contributed by atoms with Gasteiger partial charge in [-0.2, -0.15) is 11.3 Å². The maximum atomic E-state index is 11.8. The highest BCUT2D eigenvalue weighted by molar-refractivity contribution is 7.07. The van der Waals surface area contributed by atoms with Crippen LogP contribution in [0.25, 0.3) is 0 Å². The standard InChI is InChI=1S/C15H23N3O2S/c1-17(2)15(20)18-6-3-12(4-7-18)10-16-14(19)9-13-5-8-21-11-13/h5,8,11-12H,3-4,6-7,9-10H2,1-2H3,(H,16,19). The number of nitrogens with one attached hydrogen (secondary N) is 1. The third-order valence-corrected chi connectivity index (χ3v) is 4.53. The summed E-state index contributed by atoms with van der Waals surface area (Å²) in [5.74, 6) is 0.558. The minimum atomic E-state index is 0.0787. The maximum Gasteiger partial charge on any atom is 0.319 e. The highest BCUT2D eigenvalue weighted by Gasteiger charge is 2.23. The van der Waals surface area contributed by atoms with Crippen molar-refractivity contribution in [3.8, 4) is 0 Å². The quantitative estimate of drug-likeness (QED) is 0.922. The molecule has 1 aliphatic rings. The highest BCUT2D eigenvalue weighted by Crippen LogP contribution is 2.17. The monoisotopic (exact) mass is 309 g/mol. The molecule has 116 valence electrons. The van der Waals surface area contributed by atoms with Gasteiger partial charge in [0.2, 0.25) is 5.91 Å². The van der Waals surface area contributed by atoms with Crippen LogP contribution < -0.4 is 5.32 Å². The third-order valence-electron chi connectivity index (χ3n) is 3.80. The number of nitrogens with zero attached hydrogens (tertiary/aromatic N) is 2. The molecule has 2 heterocycles. The molecule has 6 heteroatoms. The molecular weight excluding hydrogens is 286 g/mol. The van der Waals surface area contributed by atoms with Crippen LogP contribution in [0.4, 0.5) is 4.79 Å². The molecule has 1 aromatic heterocycles. The van der Waals surface area contributed by atoms with Gasteiger partial charge in [0.1, 0.15) is 0 Å². The summed E-state index contributed by atoms with van der Waals surface area (Å²) in [4.78, 5) is 27.2. The SMILES string of the molecule is CN(C)C(=O)N1CCC(CNC(=O)Cc2ccsc2)CC1. The maximum absolute atomic E-state index is 11.8. The van der Waals surface area contributed by atoms with Crippen LogP contribution in [-0.2, 0) is 11.2 Å². The fraction of sp³-hybridized carbons (Fsp3) is 0.600. The summed E-state index contributed by atoms with van der Waals surface area (Å²) in [6.07, 6.45) is 2.37. The Bertz CT molecular complexity index is 465. The van der Waals surface area contributed by atoms with Crippen LogP contribution in [0, 0.1) is 5.92 Å². The molecule has 21 heavy (non-hydrogen) atoms. The number of hydrogen-bond donors (Lipinski definition) is 1. The first-order valence-corrected chi connectivity index (χ1v) is 8.24. The van der Waals surface area contributed by atoms with E-state index in [4.69, 9.17) is 0 Å². The van der Waals surface area contributed by atoms with Gasteiger partial charge in [-0.15, -0.1) is 0 Å². The van der Waals surface area contributed by atoms with Crippen molar-refractivity contribution in [1.29, 1.82) is 0 Å². The van der Waals surface area contributed by atoms with Crippen molar-refractivity contribution in [2.75, 3.05) is 33.7 Å². The minimum absolute atomic E-state index is 0.0787. The zero-order valence-corrected chi connectivity index (χ0v) is 13.5. The first kappa shape index (κ1) is 15.8. The zero-order valence-electron chi connectivity index (χ0n) is 12.7. The van der Waals surface area contributed by atoms with E-state index in [0.717, 1.165) is 31.5 Å². The average Bonchev–Trinajstić information content (AvgIpc) is 2.97. The van der Waals surface area contributed by atoms with E-state index in [1.807, 2.05) is 21.7 Å². The molecule has 0 saturated carbocycles. The van der Waals surface area contributed by atoms with Crippen LogP contribution >= 0.6 is 11.3 Å². The smallest absolute Gasteiger partial charge is 0.319 e.